The molecule has 178 valence electrons. The maximum atomic E-state index is 13.2. The average Bonchev–Trinajstić information content (AvgIpc) is 3.22. The van der Waals surface area contributed by atoms with E-state index in [1.807, 2.05) is 91.0 Å². The SMILES string of the molecule is O=C(OC(=Cc1nc2ccccc2n1Cc1ccc(Cl)cc1)c1ccccc1Br)c1ccccc1Br. The van der Waals surface area contributed by atoms with Gasteiger partial charge in [0, 0.05) is 32.2 Å². The topological polar surface area (TPSA) is 44.1 Å². The molecule has 7 heteroatoms. The van der Waals surface area contributed by atoms with Crippen LogP contribution >= 0.6 is 43.5 Å². The van der Waals surface area contributed by atoms with E-state index in [1.165, 1.54) is 0 Å². The van der Waals surface area contributed by atoms with Gasteiger partial charge in [-0.15, -0.1) is 0 Å². The van der Waals surface area contributed by atoms with Crippen molar-refractivity contribution in [3.63, 3.8) is 0 Å². The van der Waals surface area contributed by atoms with E-state index in [0.717, 1.165) is 26.6 Å². The van der Waals surface area contributed by atoms with Gasteiger partial charge in [0.05, 0.1) is 16.6 Å². The number of fused-ring (bicyclic) bond motifs is 1. The number of esters is 1. The van der Waals surface area contributed by atoms with E-state index < -0.39 is 5.97 Å². The van der Waals surface area contributed by atoms with Gasteiger partial charge in [-0.05, 0) is 64.0 Å². The summed E-state index contributed by atoms with van der Waals surface area (Å²) in [5.41, 5.74) is 4.07. The van der Waals surface area contributed by atoms with Crippen molar-refractivity contribution in [2.45, 2.75) is 6.54 Å². The van der Waals surface area contributed by atoms with Crippen molar-refractivity contribution in [1.82, 2.24) is 9.55 Å². The van der Waals surface area contributed by atoms with Crippen LogP contribution in [0.2, 0.25) is 5.02 Å². The molecule has 0 bridgehead atoms. The largest absolute Gasteiger partial charge is 0.422 e. The number of aromatic nitrogens is 2. The van der Waals surface area contributed by atoms with Gasteiger partial charge in [0.1, 0.15) is 11.6 Å². The molecule has 0 spiro atoms. The molecule has 5 aromatic rings. The first-order valence-electron chi connectivity index (χ1n) is 11.1. The lowest BCUT2D eigenvalue weighted by Crippen LogP contribution is -2.07. The third-order valence-electron chi connectivity index (χ3n) is 5.63. The summed E-state index contributed by atoms with van der Waals surface area (Å²) in [6.07, 6.45) is 1.81. The highest BCUT2D eigenvalue weighted by Crippen LogP contribution is 2.30. The fraction of sp³-hybridized carbons (Fsp3) is 0.0345. The molecule has 0 aliphatic heterocycles. The Balaban J connectivity index is 1.63. The van der Waals surface area contributed by atoms with E-state index in [2.05, 4.69) is 36.4 Å². The van der Waals surface area contributed by atoms with Gasteiger partial charge in [-0.1, -0.05) is 82.1 Å². The lowest BCUT2D eigenvalue weighted by atomic mass is 10.1. The van der Waals surface area contributed by atoms with E-state index in [4.69, 9.17) is 21.3 Å². The standard InChI is InChI=1S/C29H19Br2ClN2O2/c30-23-9-3-1-7-21(23)27(36-29(35)22-8-2-4-10-24(22)31)17-28-33-25-11-5-6-12-26(25)34(28)18-19-13-15-20(32)16-14-19/h1-17H,18H2. The molecular weight excluding hydrogens is 604 g/mol. The number of nitrogens with zero attached hydrogens (tertiary/aromatic N) is 2. The van der Waals surface area contributed by atoms with Gasteiger partial charge in [-0.25, -0.2) is 9.78 Å². The minimum Gasteiger partial charge on any atom is -0.422 e. The Bertz CT molecular complexity index is 1590. The first kappa shape index (κ1) is 24.5. The van der Waals surface area contributed by atoms with Gasteiger partial charge in [-0.2, -0.15) is 0 Å². The molecule has 0 saturated heterocycles. The molecular formula is C29H19Br2ClN2O2. The van der Waals surface area contributed by atoms with Crippen molar-refractivity contribution in [2.24, 2.45) is 0 Å². The fourth-order valence-electron chi connectivity index (χ4n) is 3.86. The molecule has 0 saturated carbocycles. The van der Waals surface area contributed by atoms with E-state index in [1.54, 1.807) is 12.1 Å². The van der Waals surface area contributed by atoms with Crippen molar-refractivity contribution in [3.05, 3.63) is 134 Å². The molecule has 5 rings (SSSR count). The van der Waals surface area contributed by atoms with Gasteiger partial charge >= 0.3 is 5.97 Å². The van der Waals surface area contributed by atoms with Crippen molar-refractivity contribution < 1.29 is 9.53 Å². The highest BCUT2D eigenvalue weighted by molar-refractivity contribution is 9.10. The number of ether oxygens (including phenoxy) is 1. The second kappa shape index (κ2) is 10.8. The molecule has 0 aliphatic carbocycles. The molecule has 0 aliphatic rings. The maximum absolute atomic E-state index is 13.2. The summed E-state index contributed by atoms with van der Waals surface area (Å²) in [5.74, 6) is 0.581. The van der Waals surface area contributed by atoms with Crippen LogP contribution in [0.1, 0.15) is 27.3 Å². The quantitative estimate of drug-likeness (QED) is 0.141. The second-order valence-corrected chi connectivity index (χ2v) is 10.2. The highest BCUT2D eigenvalue weighted by Gasteiger charge is 2.18. The minimum atomic E-state index is -0.468. The minimum absolute atomic E-state index is 0.385. The van der Waals surface area contributed by atoms with Crippen LogP contribution in [0.3, 0.4) is 0 Å². The van der Waals surface area contributed by atoms with Crippen molar-refractivity contribution >= 4 is 72.3 Å². The zero-order chi connectivity index (χ0) is 25.1. The first-order valence-corrected chi connectivity index (χ1v) is 13.1. The van der Waals surface area contributed by atoms with Crippen molar-refractivity contribution in [1.29, 1.82) is 0 Å². The predicted octanol–water partition coefficient (Wildman–Crippen LogP) is 8.62. The summed E-state index contributed by atoms with van der Waals surface area (Å²) in [6.45, 7) is 0.574. The number of para-hydroxylation sites is 2. The highest BCUT2D eigenvalue weighted by atomic mass is 79.9. The number of carbonyl (C=O) groups is 1. The van der Waals surface area contributed by atoms with E-state index in [0.29, 0.717) is 33.2 Å². The molecule has 4 nitrogen and oxygen atoms in total. The predicted molar refractivity (Wildman–Crippen MR) is 152 cm³/mol. The number of halogens is 3. The number of hydrogen-bond donors (Lipinski definition) is 0. The molecule has 1 heterocycles. The number of hydrogen-bond acceptors (Lipinski definition) is 3. The summed E-state index contributed by atoms with van der Waals surface area (Å²) in [6, 6.07) is 30.5. The van der Waals surface area contributed by atoms with E-state index in [-0.39, 0.29) is 0 Å². The van der Waals surface area contributed by atoms with Crippen LogP contribution in [0.15, 0.2) is 106 Å². The van der Waals surface area contributed by atoms with Gasteiger partial charge in [0.25, 0.3) is 0 Å². The van der Waals surface area contributed by atoms with Gasteiger partial charge in [0.2, 0.25) is 0 Å². The molecule has 0 radical (unpaired) electrons. The van der Waals surface area contributed by atoms with Crippen molar-refractivity contribution in [3.8, 4) is 0 Å². The third kappa shape index (κ3) is 5.31. The Morgan fingerprint density at radius 2 is 1.44 bits per heavy atom. The number of rotatable bonds is 6. The Morgan fingerprint density at radius 3 is 2.14 bits per heavy atom. The van der Waals surface area contributed by atoms with Gasteiger partial charge in [0.15, 0.2) is 0 Å². The van der Waals surface area contributed by atoms with E-state index >= 15 is 0 Å². The number of carbonyl (C=O) groups excluding carboxylic acids is 1. The zero-order valence-electron chi connectivity index (χ0n) is 18.9. The Hall–Kier alpha value is -3.19. The van der Waals surface area contributed by atoms with Crippen LogP contribution in [0.25, 0.3) is 22.9 Å². The molecule has 1 aromatic heterocycles. The summed E-state index contributed by atoms with van der Waals surface area (Å²) in [5, 5.41) is 0.685. The molecule has 0 atom stereocenters. The lowest BCUT2D eigenvalue weighted by molar-refractivity contribution is 0.0692. The Labute approximate surface area is 230 Å². The average molecular weight is 623 g/mol. The molecule has 0 fully saturated rings. The summed E-state index contributed by atoms with van der Waals surface area (Å²) in [4.78, 5) is 18.0. The van der Waals surface area contributed by atoms with Crippen LogP contribution in [-0.4, -0.2) is 15.5 Å². The smallest absolute Gasteiger partial charge is 0.344 e. The molecule has 0 amide bonds. The van der Waals surface area contributed by atoms with Crippen molar-refractivity contribution in [2.75, 3.05) is 0 Å². The first-order chi connectivity index (χ1) is 17.5. The monoisotopic (exact) mass is 620 g/mol. The van der Waals surface area contributed by atoms with Crippen LogP contribution in [0.4, 0.5) is 0 Å². The van der Waals surface area contributed by atoms with Crippen LogP contribution in [0, 0.1) is 0 Å². The fourth-order valence-corrected chi connectivity index (χ4v) is 4.92. The summed E-state index contributed by atoms with van der Waals surface area (Å²) in [7, 11) is 0. The summed E-state index contributed by atoms with van der Waals surface area (Å²) < 4.78 is 9.56. The molecule has 4 aromatic carbocycles. The molecule has 36 heavy (non-hydrogen) atoms. The van der Waals surface area contributed by atoms with Crippen LogP contribution < -0.4 is 0 Å². The Morgan fingerprint density at radius 1 is 0.833 bits per heavy atom. The number of imidazole rings is 1. The van der Waals surface area contributed by atoms with Crippen LogP contribution in [0.5, 0.6) is 0 Å². The third-order valence-corrected chi connectivity index (χ3v) is 7.27. The normalized spacial score (nSPS) is 11.6. The second-order valence-electron chi connectivity index (χ2n) is 8.03. The lowest BCUT2D eigenvalue weighted by Gasteiger charge is -2.13. The van der Waals surface area contributed by atoms with E-state index in [9.17, 15) is 4.79 Å². The summed E-state index contributed by atoms with van der Waals surface area (Å²) >= 11 is 13.1. The van der Waals surface area contributed by atoms with Gasteiger partial charge < -0.3 is 9.30 Å². The Kier molecular flexibility index (Phi) is 7.37. The molecule has 0 N–H and O–H groups in total. The number of benzene rings is 4. The molecule has 0 unspecified atom stereocenters. The zero-order valence-corrected chi connectivity index (χ0v) is 22.8. The van der Waals surface area contributed by atoms with Crippen LogP contribution in [-0.2, 0) is 11.3 Å². The van der Waals surface area contributed by atoms with Gasteiger partial charge in [-0.3, -0.25) is 0 Å². The maximum Gasteiger partial charge on any atom is 0.344 e.